The summed E-state index contributed by atoms with van der Waals surface area (Å²) < 4.78 is 0. The fourth-order valence-electron chi connectivity index (χ4n) is 2.60. The molecule has 94 valence electrons. The number of hydrogen-bond acceptors (Lipinski definition) is 3. The first-order valence-electron chi connectivity index (χ1n) is 6.30. The van der Waals surface area contributed by atoms with Gasteiger partial charge >= 0.3 is 0 Å². The van der Waals surface area contributed by atoms with Gasteiger partial charge in [0.1, 0.15) is 11.0 Å². The standard InChI is InChI=1S/C13H20ClN3/c1-9-3-2-4-10(5-9)8-16-13-7-11(15)6-12(14)17-13/h6-7,9-10H,2-5,8H2,1H3,(H3,15,16,17). The molecule has 1 heterocycles. The largest absolute Gasteiger partial charge is 0.399 e. The molecule has 0 aliphatic heterocycles. The second-order valence-corrected chi connectivity index (χ2v) is 5.51. The Kier molecular flexibility index (Phi) is 4.11. The van der Waals surface area contributed by atoms with Crippen LogP contribution in [0.4, 0.5) is 11.5 Å². The molecule has 0 bridgehead atoms. The quantitative estimate of drug-likeness (QED) is 0.810. The summed E-state index contributed by atoms with van der Waals surface area (Å²) in [5, 5.41) is 3.79. The minimum atomic E-state index is 0.449. The van der Waals surface area contributed by atoms with Crippen molar-refractivity contribution in [2.45, 2.75) is 32.6 Å². The Morgan fingerprint density at radius 2 is 2.29 bits per heavy atom. The second-order valence-electron chi connectivity index (χ2n) is 5.13. The maximum absolute atomic E-state index is 5.86. The maximum atomic E-state index is 5.86. The third kappa shape index (κ3) is 3.77. The molecule has 1 aliphatic carbocycles. The molecular weight excluding hydrogens is 234 g/mol. The van der Waals surface area contributed by atoms with Gasteiger partial charge in [-0.1, -0.05) is 31.4 Å². The van der Waals surface area contributed by atoms with E-state index in [-0.39, 0.29) is 0 Å². The van der Waals surface area contributed by atoms with E-state index in [1.165, 1.54) is 25.7 Å². The molecule has 1 saturated carbocycles. The van der Waals surface area contributed by atoms with Crippen molar-refractivity contribution in [3.63, 3.8) is 0 Å². The summed E-state index contributed by atoms with van der Waals surface area (Å²) in [6.07, 6.45) is 5.34. The summed E-state index contributed by atoms with van der Waals surface area (Å²) >= 11 is 5.86. The van der Waals surface area contributed by atoms with Crippen LogP contribution >= 0.6 is 11.6 Å². The molecule has 17 heavy (non-hydrogen) atoms. The monoisotopic (exact) mass is 253 g/mol. The number of nitrogens with two attached hydrogens (primary N) is 1. The average molecular weight is 254 g/mol. The molecule has 1 aliphatic rings. The van der Waals surface area contributed by atoms with Gasteiger partial charge in [-0.05, 0) is 30.7 Å². The maximum Gasteiger partial charge on any atom is 0.133 e. The molecule has 2 rings (SSSR count). The van der Waals surface area contributed by atoms with Gasteiger partial charge in [0.15, 0.2) is 0 Å². The number of anilines is 2. The summed E-state index contributed by atoms with van der Waals surface area (Å²) in [4.78, 5) is 4.21. The summed E-state index contributed by atoms with van der Waals surface area (Å²) in [6.45, 7) is 3.30. The summed E-state index contributed by atoms with van der Waals surface area (Å²) in [7, 11) is 0. The molecule has 0 spiro atoms. The van der Waals surface area contributed by atoms with E-state index in [0.717, 1.165) is 24.2 Å². The molecular formula is C13H20ClN3. The van der Waals surface area contributed by atoms with Crippen molar-refractivity contribution in [2.75, 3.05) is 17.6 Å². The smallest absolute Gasteiger partial charge is 0.133 e. The fraction of sp³-hybridized carbons (Fsp3) is 0.615. The minimum absolute atomic E-state index is 0.449. The van der Waals surface area contributed by atoms with Crippen LogP contribution in [0.25, 0.3) is 0 Å². The first-order chi connectivity index (χ1) is 8.13. The van der Waals surface area contributed by atoms with Crippen LogP contribution in [-0.4, -0.2) is 11.5 Å². The minimum Gasteiger partial charge on any atom is -0.399 e. The van der Waals surface area contributed by atoms with E-state index in [1.54, 1.807) is 6.07 Å². The number of rotatable bonds is 3. The SMILES string of the molecule is CC1CCCC(CNc2cc(N)cc(Cl)n2)C1. The van der Waals surface area contributed by atoms with Gasteiger partial charge in [-0.25, -0.2) is 4.98 Å². The molecule has 2 unspecified atom stereocenters. The third-order valence-electron chi connectivity index (χ3n) is 3.43. The predicted molar refractivity (Wildman–Crippen MR) is 73.3 cm³/mol. The van der Waals surface area contributed by atoms with Crippen molar-refractivity contribution in [3.8, 4) is 0 Å². The highest BCUT2D eigenvalue weighted by atomic mass is 35.5. The van der Waals surface area contributed by atoms with Gasteiger partial charge in [0, 0.05) is 18.3 Å². The van der Waals surface area contributed by atoms with Gasteiger partial charge in [-0.2, -0.15) is 0 Å². The number of hydrogen-bond donors (Lipinski definition) is 2. The third-order valence-corrected chi connectivity index (χ3v) is 3.63. The van der Waals surface area contributed by atoms with Crippen molar-refractivity contribution in [1.29, 1.82) is 0 Å². The van der Waals surface area contributed by atoms with Crippen LogP contribution in [0.2, 0.25) is 5.15 Å². The van der Waals surface area contributed by atoms with Crippen LogP contribution in [0.15, 0.2) is 12.1 Å². The Labute approximate surface area is 108 Å². The van der Waals surface area contributed by atoms with Gasteiger partial charge in [0.05, 0.1) is 0 Å². The Morgan fingerprint density at radius 1 is 1.47 bits per heavy atom. The Bertz CT molecular complexity index is 361. The molecule has 4 heteroatoms. The molecule has 1 fully saturated rings. The van der Waals surface area contributed by atoms with Crippen LogP contribution in [-0.2, 0) is 0 Å². The van der Waals surface area contributed by atoms with Crippen molar-refractivity contribution in [3.05, 3.63) is 17.3 Å². The number of nitrogens with one attached hydrogen (secondary N) is 1. The van der Waals surface area contributed by atoms with Crippen LogP contribution in [0.3, 0.4) is 0 Å². The van der Waals surface area contributed by atoms with Crippen LogP contribution in [0, 0.1) is 11.8 Å². The molecule has 0 radical (unpaired) electrons. The first kappa shape index (κ1) is 12.5. The highest BCUT2D eigenvalue weighted by molar-refractivity contribution is 6.29. The lowest BCUT2D eigenvalue weighted by Gasteiger charge is -2.26. The lowest BCUT2D eigenvalue weighted by atomic mass is 9.82. The van der Waals surface area contributed by atoms with Crippen LogP contribution in [0.1, 0.15) is 32.6 Å². The zero-order chi connectivity index (χ0) is 12.3. The summed E-state index contributed by atoms with van der Waals surface area (Å²) in [5.41, 5.74) is 6.38. The van der Waals surface area contributed by atoms with Gasteiger partial charge in [-0.3, -0.25) is 0 Å². The van der Waals surface area contributed by atoms with E-state index in [4.69, 9.17) is 17.3 Å². The van der Waals surface area contributed by atoms with Gasteiger partial charge in [-0.15, -0.1) is 0 Å². The summed E-state index contributed by atoms with van der Waals surface area (Å²) in [5.74, 6) is 2.39. The normalized spacial score (nSPS) is 24.6. The highest BCUT2D eigenvalue weighted by Crippen LogP contribution is 2.28. The van der Waals surface area contributed by atoms with E-state index >= 15 is 0 Å². The number of aromatic nitrogens is 1. The molecule has 2 atom stereocenters. The summed E-state index contributed by atoms with van der Waals surface area (Å²) in [6, 6.07) is 3.49. The topological polar surface area (TPSA) is 50.9 Å². The van der Waals surface area contributed by atoms with Crippen LogP contribution < -0.4 is 11.1 Å². The zero-order valence-corrected chi connectivity index (χ0v) is 11.0. The Morgan fingerprint density at radius 3 is 3.00 bits per heavy atom. The van der Waals surface area contributed by atoms with E-state index in [1.807, 2.05) is 6.07 Å². The number of nitrogens with zero attached hydrogens (tertiary/aromatic N) is 1. The molecule has 3 nitrogen and oxygen atoms in total. The Balaban J connectivity index is 1.88. The molecule has 0 saturated heterocycles. The number of nitrogen functional groups attached to an aromatic ring is 1. The first-order valence-corrected chi connectivity index (χ1v) is 6.68. The van der Waals surface area contributed by atoms with Crippen molar-refractivity contribution in [1.82, 2.24) is 4.98 Å². The zero-order valence-electron chi connectivity index (χ0n) is 10.2. The highest BCUT2D eigenvalue weighted by Gasteiger charge is 2.18. The lowest BCUT2D eigenvalue weighted by Crippen LogP contribution is -2.21. The molecule has 3 N–H and O–H groups in total. The fourth-order valence-corrected chi connectivity index (χ4v) is 2.82. The molecule has 1 aromatic rings. The van der Waals surface area contributed by atoms with Crippen molar-refractivity contribution >= 4 is 23.1 Å². The second kappa shape index (κ2) is 5.58. The van der Waals surface area contributed by atoms with E-state index < -0.39 is 0 Å². The van der Waals surface area contributed by atoms with E-state index in [0.29, 0.717) is 10.8 Å². The van der Waals surface area contributed by atoms with Gasteiger partial charge < -0.3 is 11.1 Å². The van der Waals surface area contributed by atoms with Crippen LogP contribution in [0.5, 0.6) is 0 Å². The van der Waals surface area contributed by atoms with Crippen molar-refractivity contribution in [2.24, 2.45) is 11.8 Å². The van der Waals surface area contributed by atoms with E-state index in [9.17, 15) is 0 Å². The van der Waals surface area contributed by atoms with E-state index in [2.05, 4.69) is 17.2 Å². The van der Waals surface area contributed by atoms with Gasteiger partial charge in [0.25, 0.3) is 0 Å². The Hall–Kier alpha value is -0.960. The predicted octanol–water partition coefficient (Wildman–Crippen LogP) is 3.56. The van der Waals surface area contributed by atoms with Gasteiger partial charge in [0.2, 0.25) is 0 Å². The lowest BCUT2D eigenvalue weighted by molar-refractivity contribution is 0.293. The van der Waals surface area contributed by atoms with Crippen molar-refractivity contribution < 1.29 is 0 Å². The molecule has 1 aromatic heterocycles. The number of pyridine rings is 1. The molecule has 0 aromatic carbocycles. The average Bonchev–Trinajstić information content (AvgIpc) is 2.25. The number of halogens is 1. The molecule has 0 amide bonds.